The number of hydrogen-bond acceptors (Lipinski definition) is 2. The van der Waals surface area contributed by atoms with E-state index in [0.717, 1.165) is 34.5 Å². The van der Waals surface area contributed by atoms with Crippen LogP contribution in [0.15, 0.2) is 42.5 Å². The van der Waals surface area contributed by atoms with Crippen LogP contribution in [0.1, 0.15) is 42.9 Å². The number of benzene rings is 2. The van der Waals surface area contributed by atoms with Gasteiger partial charge >= 0.3 is 0 Å². The highest BCUT2D eigenvalue weighted by Crippen LogP contribution is 2.28. The molecule has 0 heterocycles. The van der Waals surface area contributed by atoms with E-state index in [1.807, 2.05) is 50.2 Å². The highest BCUT2D eigenvalue weighted by atomic mass is 16.5. The van der Waals surface area contributed by atoms with E-state index in [1.165, 1.54) is 0 Å². The fraction of sp³-hybridized carbons (Fsp3) is 0.350. The summed E-state index contributed by atoms with van der Waals surface area (Å²) in [6.07, 6.45) is 1.04. The SMILES string of the molecule is CCC(C)c1ccccc1OCC(=O)Nc1cccc(C)c1C. The summed E-state index contributed by atoms with van der Waals surface area (Å²) in [5.74, 6) is 1.06. The van der Waals surface area contributed by atoms with E-state index in [9.17, 15) is 4.79 Å². The predicted molar refractivity (Wildman–Crippen MR) is 95.2 cm³/mol. The van der Waals surface area contributed by atoms with Crippen LogP contribution in [0.4, 0.5) is 5.69 Å². The Morgan fingerprint density at radius 1 is 1.13 bits per heavy atom. The van der Waals surface area contributed by atoms with Crippen molar-refractivity contribution in [3.05, 3.63) is 59.2 Å². The molecular formula is C20H25NO2. The van der Waals surface area contributed by atoms with E-state index in [4.69, 9.17) is 4.74 Å². The number of nitrogens with one attached hydrogen (secondary N) is 1. The van der Waals surface area contributed by atoms with Crippen LogP contribution >= 0.6 is 0 Å². The first-order valence-corrected chi connectivity index (χ1v) is 8.10. The van der Waals surface area contributed by atoms with Crippen LogP contribution in [-0.2, 0) is 4.79 Å². The van der Waals surface area contributed by atoms with E-state index in [-0.39, 0.29) is 12.5 Å². The van der Waals surface area contributed by atoms with Gasteiger partial charge < -0.3 is 10.1 Å². The topological polar surface area (TPSA) is 38.3 Å². The van der Waals surface area contributed by atoms with E-state index >= 15 is 0 Å². The van der Waals surface area contributed by atoms with Crippen LogP contribution in [0.2, 0.25) is 0 Å². The molecule has 3 nitrogen and oxygen atoms in total. The molecule has 0 bridgehead atoms. The predicted octanol–water partition coefficient (Wildman–Crippen LogP) is 4.83. The van der Waals surface area contributed by atoms with Crippen molar-refractivity contribution >= 4 is 11.6 Å². The van der Waals surface area contributed by atoms with Crippen molar-refractivity contribution in [2.75, 3.05) is 11.9 Å². The number of carbonyl (C=O) groups is 1. The fourth-order valence-electron chi connectivity index (χ4n) is 2.46. The molecule has 0 fully saturated rings. The van der Waals surface area contributed by atoms with Crippen molar-refractivity contribution in [2.45, 2.75) is 40.0 Å². The molecule has 1 unspecified atom stereocenters. The Labute approximate surface area is 138 Å². The van der Waals surface area contributed by atoms with Crippen LogP contribution in [0, 0.1) is 13.8 Å². The van der Waals surface area contributed by atoms with Crippen molar-refractivity contribution in [2.24, 2.45) is 0 Å². The lowest BCUT2D eigenvalue weighted by Gasteiger charge is -2.16. The maximum atomic E-state index is 12.2. The second-order valence-corrected chi connectivity index (χ2v) is 5.93. The average molecular weight is 311 g/mol. The molecule has 1 amide bonds. The molecule has 122 valence electrons. The van der Waals surface area contributed by atoms with Gasteiger partial charge in [0.15, 0.2) is 6.61 Å². The van der Waals surface area contributed by atoms with E-state index in [1.54, 1.807) is 0 Å². The van der Waals surface area contributed by atoms with Crippen LogP contribution in [0.3, 0.4) is 0 Å². The Balaban J connectivity index is 2.01. The molecule has 0 aliphatic rings. The molecule has 1 atom stereocenters. The summed E-state index contributed by atoms with van der Waals surface area (Å²) in [5.41, 5.74) is 4.23. The second kappa shape index (κ2) is 7.82. The first-order chi connectivity index (χ1) is 11.0. The van der Waals surface area contributed by atoms with Crippen LogP contribution in [0.5, 0.6) is 5.75 Å². The molecule has 2 rings (SSSR count). The molecular weight excluding hydrogens is 286 g/mol. The molecule has 0 aliphatic heterocycles. The molecule has 2 aromatic carbocycles. The first-order valence-electron chi connectivity index (χ1n) is 8.10. The Hall–Kier alpha value is -2.29. The summed E-state index contributed by atoms with van der Waals surface area (Å²) in [7, 11) is 0. The van der Waals surface area contributed by atoms with Gasteiger partial charge in [0.2, 0.25) is 0 Å². The summed E-state index contributed by atoms with van der Waals surface area (Å²) in [4.78, 5) is 12.2. The number of amides is 1. The van der Waals surface area contributed by atoms with Gasteiger partial charge in [-0.25, -0.2) is 0 Å². The number of anilines is 1. The van der Waals surface area contributed by atoms with Gasteiger partial charge in [-0.1, -0.05) is 44.2 Å². The molecule has 0 spiro atoms. The molecule has 1 N–H and O–H groups in total. The van der Waals surface area contributed by atoms with Crippen molar-refractivity contribution in [1.29, 1.82) is 0 Å². The first kappa shape index (κ1) is 17.1. The highest BCUT2D eigenvalue weighted by molar-refractivity contribution is 5.92. The smallest absolute Gasteiger partial charge is 0.262 e. The van der Waals surface area contributed by atoms with E-state index < -0.39 is 0 Å². The third kappa shape index (κ3) is 4.35. The summed E-state index contributed by atoms with van der Waals surface area (Å²) < 4.78 is 5.75. The molecule has 3 heteroatoms. The Morgan fingerprint density at radius 3 is 2.61 bits per heavy atom. The van der Waals surface area contributed by atoms with Gasteiger partial charge in [-0.05, 0) is 55.0 Å². The molecule has 0 aromatic heterocycles. The average Bonchev–Trinajstić information content (AvgIpc) is 2.56. The lowest BCUT2D eigenvalue weighted by atomic mass is 9.98. The molecule has 0 radical (unpaired) electrons. The number of para-hydroxylation sites is 1. The highest BCUT2D eigenvalue weighted by Gasteiger charge is 2.12. The Bertz CT molecular complexity index is 679. The normalized spacial score (nSPS) is 11.8. The standard InChI is InChI=1S/C20H25NO2/c1-5-14(2)17-10-6-7-12-19(17)23-13-20(22)21-18-11-8-9-15(3)16(18)4/h6-12,14H,5,13H2,1-4H3,(H,21,22). The van der Waals surface area contributed by atoms with E-state index in [2.05, 4.69) is 25.2 Å². The summed E-state index contributed by atoms with van der Waals surface area (Å²) in [6, 6.07) is 13.8. The summed E-state index contributed by atoms with van der Waals surface area (Å²) >= 11 is 0. The largest absolute Gasteiger partial charge is 0.483 e. The minimum Gasteiger partial charge on any atom is -0.483 e. The van der Waals surface area contributed by atoms with Gasteiger partial charge in [0, 0.05) is 5.69 Å². The Kier molecular flexibility index (Phi) is 5.80. The zero-order valence-electron chi connectivity index (χ0n) is 14.3. The van der Waals surface area contributed by atoms with E-state index in [0.29, 0.717) is 5.92 Å². The van der Waals surface area contributed by atoms with Crippen molar-refractivity contribution in [1.82, 2.24) is 0 Å². The number of carbonyl (C=O) groups excluding carboxylic acids is 1. The summed E-state index contributed by atoms with van der Waals surface area (Å²) in [5, 5.41) is 2.92. The number of hydrogen-bond donors (Lipinski definition) is 1. The van der Waals surface area contributed by atoms with Crippen molar-refractivity contribution in [3.63, 3.8) is 0 Å². The molecule has 0 saturated heterocycles. The zero-order chi connectivity index (χ0) is 16.8. The Morgan fingerprint density at radius 2 is 1.87 bits per heavy atom. The van der Waals surface area contributed by atoms with Gasteiger partial charge in [0.1, 0.15) is 5.75 Å². The van der Waals surface area contributed by atoms with Crippen LogP contribution in [0.25, 0.3) is 0 Å². The van der Waals surface area contributed by atoms with Crippen LogP contribution in [-0.4, -0.2) is 12.5 Å². The second-order valence-electron chi connectivity index (χ2n) is 5.93. The van der Waals surface area contributed by atoms with Gasteiger partial charge in [0.05, 0.1) is 0 Å². The van der Waals surface area contributed by atoms with Crippen molar-refractivity contribution in [3.8, 4) is 5.75 Å². The molecule has 2 aromatic rings. The third-order valence-electron chi connectivity index (χ3n) is 4.30. The maximum absolute atomic E-state index is 12.2. The maximum Gasteiger partial charge on any atom is 0.262 e. The van der Waals surface area contributed by atoms with Crippen molar-refractivity contribution < 1.29 is 9.53 Å². The zero-order valence-corrected chi connectivity index (χ0v) is 14.3. The monoisotopic (exact) mass is 311 g/mol. The van der Waals surface area contributed by atoms with Gasteiger partial charge in [0.25, 0.3) is 5.91 Å². The minimum absolute atomic E-state index is 0.0147. The third-order valence-corrected chi connectivity index (χ3v) is 4.30. The van der Waals surface area contributed by atoms with Gasteiger partial charge in [-0.2, -0.15) is 0 Å². The van der Waals surface area contributed by atoms with Gasteiger partial charge in [-0.15, -0.1) is 0 Å². The lowest BCUT2D eigenvalue weighted by Crippen LogP contribution is -2.21. The number of aryl methyl sites for hydroxylation is 1. The minimum atomic E-state index is -0.141. The number of ether oxygens (including phenoxy) is 1. The lowest BCUT2D eigenvalue weighted by molar-refractivity contribution is -0.118. The molecule has 23 heavy (non-hydrogen) atoms. The summed E-state index contributed by atoms with van der Waals surface area (Å²) in [6.45, 7) is 8.36. The molecule has 0 saturated carbocycles. The molecule has 0 aliphatic carbocycles. The number of rotatable bonds is 6. The fourth-order valence-corrected chi connectivity index (χ4v) is 2.46. The van der Waals surface area contributed by atoms with Gasteiger partial charge in [-0.3, -0.25) is 4.79 Å². The van der Waals surface area contributed by atoms with Crippen LogP contribution < -0.4 is 10.1 Å². The quantitative estimate of drug-likeness (QED) is 0.829.